The molecule has 0 aliphatic carbocycles. The number of hydrogen-bond donors (Lipinski definition) is 0. The first kappa shape index (κ1) is 16.3. The summed E-state index contributed by atoms with van der Waals surface area (Å²) in [6.45, 7) is 4.19. The van der Waals surface area contributed by atoms with Crippen LogP contribution >= 0.6 is 15.9 Å². The first-order chi connectivity index (χ1) is 11.7. The average molecular weight is 386 g/mol. The van der Waals surface area contributed by atoms with Gasteiger partial charge in [0.2, 0.25) is 5.88 Å². The predicted octanol–water partition coefficient (Wildman–Crippen LogP) is 5.52. The summed E-state index contributed by atoms with van der Waals surface area (Å²) in [4.78, 5) is 13.9. The summed E-state index contributed by atoms with van der Waals surface area (Å²) >= 11 is 3.51. The van der Waals surface area contributed by atoms with E-state index in [2.05, 4.69) is 22.5 Å². The molecule has 0 spiro atoms. The minimum atomic E-state index is -0.487. The summed E-state index contributed by atoms with van der Waals surface area (Å²) in [5, 5.41) is 0.900. The smallest absolute Gasteiger partial charge is 0.417 e. The third-order valence-electron chi connectivity index (χ3n) is 3.50. The number of rotatable bonds is 5. The minimum Gasteiger partial charge on any atom is -0.444 e. The van der Waals surface area contributed by atoms with Gasteiger partial charge in [-0.25, -0.2) is 9.69 Å². The van der Waals surface area contributed by atoms with Crippen LogP contribution in [0, 0.1) is 0 Å². The van der Waals surface area contributed by atoms with E-state index in [1.165, 1.54) is 4.90 Å². The van der Waals surface area contributed by atoms with Gasteiger partial charge in [0.15, 0.2) is 0 Å². The highest BCUT2D eigenvalue weighted by atomic mass is 79.9. The summed E-state index contributed by atoms with van der Waals surface area (Å²) in [7, 11) is 0. The lowest BCUT2D eigenvalue weighted by Crippen LogP contribution is -2.31. The SMILES string of the molecule is C=CCN(C(=O)OCc1ccccc1)c1oc2ccccc2c1Br. The number of halogens is 1. The van der Waals surface area contributed by atoms with E-state index < -0.39 is 6.09 Å². The molecular weight excluding hydrogens is 370 g/mol. The summed E-state index contributed by atoms with van der Waals surface area (Å²) < 4.78 is 11.9. The highest BCUT2D eigenvalue weighted by molar-refractivity contribution is 9.10. The van der Waals surface area contributed by atoms with Crippen molar-refractivity contribution in [2.75, 3.05) is 11.4 Å². The molecule has 0 N–H and O–H groups in total. The van der Waals surface area contributed by atoms with Gasteiger partial charge >= 0.3 is 6.09 Å². The normalized spacial score (nSPS) is 10.5. The van der Waals surface area contributed by atoms with Crippen LogP contribution in [0.15, 0.2) is 76.1 Å². The summed E-state index contributed by atoms with van der Waals surface area (Å²) in [5.41, 5.74) is 1.62. The molecule has 1 heterocycles. The van der Waals surface area contributed by atoms with Gasteiger partial charge in [-0.3, -0.25) is 0 Å². The molecule has 0 saturated heterocycles. The van der Waals surface area contributed by atoms with Crippen molar-refractivity contribution >= 4 is 38.9 Å². The van der Waals surface area contributed by atoms with Gasteiger partial charge in [0, 0.05) is 5.39 Å². The lowest BCUT2D eigenvalue weighted by atomic mass is 10.2. The molecule has 1 aromatic heterocycles. The summed E-state index contributed by atoms with van der Waals surface area (Å²) in [6.07, 6.45) is 1.14. The second-order valence-corrected chi connectivity index (χ2v) is 5.95. The Labute approximate surface area is 148 Å². The number of benzene rings is 2. The number of furan rings is 1. The van der Waals surface area contributed by atoms with Crippen LogP contribution in [-0.2, 0) is 11.3 Å². The maximum absolute atomic E-state index is 12.5. The fourth-order valence-corrected chi connectivity index (χ4v) is 2.96. The molecule has 0 fully saturated rings. The van der Waals surface area contributed by atoms with Gasteiger partial charge in [-0.1, -0.05) is 48.5 Å². The molecule has 0 unspecified atom stereocenters. The van der Waals surface area contributed by atoms with E-state index in [1.807, 2.05) is 54.6 Å². The van der Waals surface area contributed by atoms with E-state index >= 15 is 0 Å². The van der Waals surface area contributed by atoms with Crippen molar-refractivity contribution in [1.29, 1.82) is 0 Å². The molecule has 0 saturated carbocycles. The Hall–Kier alpha value is -2.53. The molecule has 1 amide bonds. The van der Waals surface area contributed by atoms with Crippen molar-refractivity contribution in [1.82, 2.24) is 0 Å². The second kappa shape index (κ2) is 7.36. The summed E-state index contributed by atoms with van der Waals surface area (Å²) in [6, 6.07) is 17.1. The molecule has 24 heavy (non-hydrogen) atoms. The van der Waals surface area contributed by atoms with Crippen LogP contribution in [0.25, 0.3) is 11.0 Å². The van der Waals surface area contributed by atoms with Crippen molar-refractivity contribution in [3.63, 3.8) is 0 Å². The fourth-order valence-electron chi connectivity index (χ4n) is 2.34. The van der Waals surface area contributed by atoms with Crippen LogP contribution in [0.1, 0.15) is 5.56 Å². The van der Waals surface area contributed by atoms with E-state index in [0.717, 1.165) is 15.4 Å². The van der Waals surface area contributed by atoms with Gasteiger partial charge in [0.1, 0.15) is 12.2 Å². The van der Waals surface area contributed by atoms with E-state index in [0.29, 0.717) is 11.5 Å². The topological polar surface area (TPSA) is 42.7 Å². The van der Waals surface area contributed by atoms with Crippen LogP contribution in [0.5, 0.6) is 0 Å². The molecule has 3 rings (SSSR count). The number of fused-ring (bicyclic) bond motifs is 1. The molecule has 0 atom stereocenters. The molecule has 0 radical (unpaired) electrons. The Balaban J connectivity index is 1.84. The highest BCUT2D eigenvalue weighted by Gasteiger charge is 2.24. The predicted molar refractivity (Wildman–Crippen MR) is 98.1 cm³/mol. The van der Waals surface area contributed by atoms with Crippen molar-refractivity contribution in [3.8, 4) is 0 Å². The number of amides is 1. The monoisotopic (exact) mass is 385 g/mol. The zero-order valence-electron chi connectivity index (χ0n) is 12.9. The molecule has 5 heteroatoms. The number of carbonyl (C=O) groups is 1. The van der Waals surface area contributed by atoms with Gasteiger partial charge in [-0.15, -0.1) is 6.58 Å². The first-order valence-corrected chi connectivity index (χ1v) is 8.26. The number of ether oxygens (including phenoxy) is 1. The molecule has 0 aliphatic rings. The highest BCUT2D eigenvalue weighted by Crippen LogP contribution is 2.37. The first-order valence-electron chi connectivity index (χ1n) is 7.47. The van der Waals surface area contributed by atoms with Gasteiger partial charge in [0.05, 0.1) is 11.0 Å². The summed E-state index contributed by atoms with van der Waals surface area (Å²) in [5.74, 6) is 0.411. The van der Waals surface area contributed by atoms with Gasteiger partial charge in [-0.05, 0) is 33.6 Å². The van der Waals surface area contributed by atoms with Crippen molar-refractivity contribution in [2.45, 2.75) is 6.61 Å². The maximum Gasteiger partial charge on any atom is 0.417 e. The number of anilines is 1. The third kappa shape index (κ3) is 3.36. The molecule has 3 aromatic rings. The van der Waals surface area contributed by atoms with E-state index in [4.69, 9.17) is 9.15 Å². The van der Waals surface area contributed by atoms with Crippen LogP contribution < -0.4 is 4.90 Å². The Kier molecular flexibility index (Phi) is 5.01. The average Bonchev–Trinajstić information content (AvgIpc) is 2.95. The van der Waals surface area contributed by atoms with Crippen LogP contribution in [0.3, 0.4) is 0 Å². The zero-order valence-corrected chi connectivity index (χ0v) is 14.5. The molecular formula is C19H16BrNO3. The quantitative estimate of drug-likeness (QED) is 0.542. The minimum absolute atomic E-state index is 0.200. The molecule has 4 nitrogen and oxygen atoms in total. The van der Waals surface area contributed by atoms with Crippen LogP contribution in [0.4, 0.5) is 10.7 Å². The van der Waals surface area contributed by atoms with E-state index in [1.54, 1.807) is 6.08 Å². The third-order valence-corrected chi connectivity index (χ3v) is 4.27. The lowest BCUT2D eigenvalue weighted by Gasteiger charge is -2.18. The standard InChI is InChI=1S/C19H16BrNO3/c1-2-12-21(19(22)23-13-14-8-4-3-5-9-14)18-17(20)15-10-6-7-11-16(15)24-18/h2-11H,1,12-13H2. The number of carbonyl (C=O) groups excluding carboxylic acids is 1. The Bertz CT molecular complexity index is 857. The maximum atomic E-state index is 12.5. The molecule has 2 aromatic carbocycles. The van der Waals surface area contributed by atoms with Crippen molar-refractivity contribution < 1.29 is 13.9 Å². The Morgan fingerprint density at radius 2 is 1.88 bits per heavy atom. The largest absolute Gasteiger partial charge is 0.444 e. The lowest BCUT2D eigenvalue weighted by molar-refractivity contribution is 0.146. The van der Waals surface area contributed by atoms with Crippen molar-refractivity contribution in [3.05, 3.63) is 77.3 Å². The molecule has 0 bridgehead atoms. The molecule has 122 valence electrons. The van der Waals surface area contributed by atoms with E-state index in [-0.39, 0.29) is 13.2 Å². The van der Waals surface area contributed by atoms with Crippen molar-refractivity contribution in [2.24, 2.45) is 0 Å². The number of para-hydroxylation sites is 1. The Morgan fingerprint density at radius 3 is 2.58 bits per heavy atom. The number of nitrogens with zero attached hydrogens (tertiary/aromatic N) is 1. The van der Waals surface area contributed by atoms with Gasteiger partial charge in [-0.2, -0.15) is 0 Å². The van der Waals surface area contributed by atoms with Gasteiger partial charge in [0.25, 0.3) is 0 Å². The zero-order chi connectivity index (χ0) is 16.9. The molecule has 0 aliphatic heterocycles. The number of hydrogen-bond acceptors (Lipinski definition) is 3. The van der Waals surface area contributed by atoms with Crippen LogP contribution in [0.2, 0.25) is 0 Å². The second-order valence-electron chi connectivity index (χ2n) is 5.16. The van der Waals surface area contributed by atoms with E-state index in [9.17, 15) is 4.79 Å². The van der Waals surface area contributed by atoms with Crippen LogP contribution in [-0.4, -0.2) is 12.6 Å². The Morgan fingerprint density at radius 1 is 1.17 bits per heavy atom. The van der Waals surface area contributed by atoms with Gasteiger partial charge < -0.3 is 9.15 Å². The fraction of sp³-hybridized carbons (Fsp3) is 0.105.